The Kier molecular flexibility index (Phi) is 6.82. The van der Waals surface area contributed by atoms with E-state index in [1.165, 1.54) is 11.1 Å². The molecule has 1 aromatic heterocycles. The van der Waals surface area contributed by atoms with Gasteiger partial charge >= 0.3 is 0 Å². The lowest BCUT2D eigenvalue weighted by atomic mass is 10.1. The van der Waals surface area contributed by atoms with Gasteiger partial charge in [-0.2, -0.15) is 0 Å². The first-order valence-corrected chi connectivity index (χ1v) is 11.2. The highest BCUT2D eigenvalue weighted by molar-refractivity contribution is 6.35. The first kappa shape index (κ1) is 22.1. The number of amides is 1. The zero-order chi connectivity index (χ0) is 22.0. The van der Waals surface area contributed by atoms with Crippen LogP contribution in [0.25, 0.3) is 11.0 Å². The third-order valence-corrected chi connectivity index (χ3v) is 6.25. The number of hydrogen-bond acceptors (Lipinski definition) is 4. The topological polar surface area (TPSA) is 59.4 Å². The van der Waals surface area contributed by atoms with E-state index in [-0.39, 0.29) is 5.91 Å². The smallest absolute Gasteiger partial charge is 0.236 e. The molecular weight excluding hydrogens is 435 g/mol. The van der Waals surface area contributed by atoms with Gasteiger partial charge in [0.25, 0.3) is 0 Å². The van der Waals surface area contributed by atoms with Gasteiger partial charge in [0.15, 0.2) is 0 Å². The van der Waals surface area contributed by atoms with Crippen LogP contribution in [-0.2, 0) is 22.5 Å². The monoisotopic (exact) mass is 460 g/mol. The number of hydrazine groups is 1. The molecule has 1 aliphatic rings. The molecule has 0 unspecified atom stereocenters. The molecule has 3 aromatic rings. The fourth-order valence-corrected chi connectivity index (χ4v) is 4.25. The van der Waals surface area contributed by atoms with Gasteiger partial charge in [0.1, 0.15) is 5.82 Å². The summed E-state index contributed by atoms with van der Waals surface area (Å²) < 4.78 is 7.46. The van der Waals surface area contributed by atoms with Crippen LogP contribution in [0.2, 0.25) is 10.0 Å². The van der Waals surface area contributed by atoms with E-state index >= 15 is 0 Å². The van der Waals surface area contributed by atoms with Gasteiger partial charge in [-0.05, 0) is 54.8 Å². The van der Waals surface area contributed by atoms with Crippen molar-refractivity contribution in [3.63, 3.8) is 0 Å². The van der Waals surface area contributed by atoms with Crippen LogP contribution >= 0.6 is 23.2 Å². The van der Waals surface area contributed by atoms with E-state index in [2.05, 4.69) is 36.0 Å². The van der Waals surface area contributed by atoms with E-state index in [9.17, 15) is 4.79 Å². The van der Waals surface area contributed by atoms with Gasteiger partial charge in [-0.25, -0.2) is 9.99 Å². The maximum atomic E-state index is 12.6. The molecule has 0 saturated carbocycles. The summed E-state index contributed by atoms with van der Waals surface area (Å²) in [4.78, 5) is 17.4. The fourth-order valence-electron chi connectivity index (χ4n) is 3.77. The van der Waals surface area contributed by atoms with Crippen molar-refractivity contribution in [3.8, 4) is 0 Å². The third kappa shape index (κ3) is 5.21. The molecule has 1 N–H and O–H groups in total. The molecule has 1 aliphatic heterocycles. The summed E-state index contributed by atoms with van der Waals surface area (Å²) in [5, 5.41) is 3.14. The molecule has 0 atom stereocenters. The second-order valence-electron chi connectivity index (χ2n) is 7.90. The zero-order valence-corrected chi connectivity index (χ0v) is 19.3. The third-order valence-electron chi connectivity index (χ3n) is 5.66. The Bertz CT molecular complexity index is 1110. The van der Waals surface area contributed by atoms with Crippen LogP contribution in [0.3, 0.4) is 0 Å². The second kappa shape index (κ2) is 9.57. The van der Waals surface area contributed by atoms with Crippen molar-refractivity contribution in [3.05, 3.63) is 62.9 Å². The lowest BCUT2D eigenvalue weighted by Crippen LogP contribution is -2.48. The summed E-state index contributed by atoms with van der Waals surface area (Å²) in [7, 11) is 0. The van der Waals surface area contributed by atoms with Crippen LogP contribution in [-0.4, -0.2) is 46.8 Å². The Morgan fingerprint density at radius 3 is 2.61 bits per heavy atom. The van der Waals surface area contributed by atoms with Crippen LogP contribution in [0.1, 0.15) is 28.9 Å². The minimum absolute atomic E-state index is 0.0111. The molecule has 0 spiro atoms. The molecule has 2 aromatic carbocycles. The largest absolute Gasteiger partial charge is 0.379 e. The molecule has 1 amide bonds. The van der Waals surface area contributed by atoms with Crippen molar-refractivity contribution >= 4 is 40.1 Å². The molecule has 164 valence electrons. The number of carbonyl (C=O) groups is 1. The lowest BCUT2D eigenvalue weighted by Gasteiger charge is -2.27. The lowest BCUT2D eigenvalue weighted by molar-refractivity contribution is -0.128. The number of morpholine rings is 1. The fraction of sp³-hybridized carbons (Fsp3) is 0.391. The molecule has 31 heavy (non-hydrogen) atoms. The molecule has 0 radical (unpaired) electrons. The number of benzene rings is 2. The van der Waals surface area contributed by atoms with E-state index in [0.29, 0.717) is 55.7 Å². The van der Waals surface area contributed by atoms with E-state index < -0.39 is 0 Å². The van der Waals surface area contributed by atoms with Gasteiger partial charge in [-0.15, -0.1) is 0 Å². The molecule has 1 fully saturated rings. The average Bonchev–Trinajstić information content (AvgIpc) is 3.05. The minimum atomic E-state index is -0.0111. The van der Waals surface area contributed by atoms with Gasteiger partial charge < -0.3 is 9.30 Å². The van der Waals surface area contributed by atoms with Crippen molar-refractivity contribution in [2.24, 2.45) is 0 Å². The number of imidazole rings is 1. The van der Waals surface area contributed by atoms with Gasteiger partial charge in [0.05, 0.1) is 24.2 Å². The normalized spacial score (nSPS) is 14.8. The van der Waals surface area contributed by atoms with Crippen molar-refractivity contribution in [2.45, 2.75) is 33.2 Å². The zero-order valence-electron chi connectivity index (χ0n) is 17.8. The van der Waals surface area contributed by atoms with Crippen molar-refractivity contribution in [1.29, 1.82) is 0 Å². The van der Waals surface area contributed by atoms with Crippen LogP contribution in [0.15, 0.2) is 30.3 Å². The highest BCUT2D eigenvalue weighted by Crippen LogP contribution is 2.26. The highest BCUT2D eigenvalue weighted by Gasteiger charge is 2.17. The summed E-state index contributed by atoms with van der Waals surface area (Å²) in [6, 6.07) is 9.75. The van der Waals surface area contributed by atoms with Crippen LogP contribution < -0.4 is 5.43 Å². The average molecular weight is 461 g/mol. The number of hydrogen-bond donors (Lipinski definition) is 1. The second-order valence-corrected chi connectivity index (χ2v) is 8.75. The Morgan fingerprint density at radius 2 is 1.87 bits per heavy atom. The number of nitrogens with zero attached hydrogens (tertiary/aromatic N) is 3. The van der Waals surface area contributed by atoms with Gasteiger partial charge in [0, 0.05) is 42.5 Å². The van der Waals surface area contributed by atoms with Crippen LogP contribution in [0.5, 0.6) is 0 Å². The van der Waals surface area contributed by atoms with Crippen molar-refractivity contribution < 1.29 is 9.53 Å². The predicted molar refractivity (Wildman–Crippen MR) is 124 cm³/mol. The van der Waals surface area contributed by atoms with Gasteiger partial charge in [0.2, 0.25) is 5.91 Å². The van der Waals surface area contributed by atoms with E-state index in [1.54, 1.807) is 6.07 Å². The molecule has 2 heterocycles. The number of ether oxygens (including phenoxy) is 1. The number of nitrogens with one attached hydrogen (secondary N) is 1. The Labute approximate surface area is 192 Å². The highest BCUT2D eigenvalue weighted by atomic mass is 35.5. The molecule has 0 bridgehead atoms. The summed E-state index contributed by atoms with van der Waals surface area (Å²) in [6.07, 6.45) is 0.922. The summed E-state index contributed by atoms with van der Waals surface area (Å²) in [6.45, 7) is 7.40. The number of fused-ring (bicyclic) bond motifs is 1. The first-order valence-electron chi connectivity index (χ1n) is 10.4. The Morgan fingerprint density at radius 1 is 1.13 bits per heavy atom. The summed E-state index contributed by atoms with van der Waals surface area (Å²) in [5.74, 6) is 0.867. The van der Waals surface area contributed by atoms with E-state index in [4.69, 9.17) is 32.9 Å². The summed E-state index contributed by atoms with van der Waals surface area (Å²) in [5.41, 5.74) is 8.28. The molecule has 1 saturated heterocycles. The molecule has 6 nitrogen and oxygen atoms in total. The van der Waals surface area contributed by atoms with E-state index in [0.717, 1.165) is 22.4 Å². The molecule has 8 heteroatoms. The number of halogens is 2. The quantitative estimate of drug-likeness (QED) is 0.595. The molecule has 4 rings (SSSR count). The number of aryl methyl sites for hydroxylation is 3. The number of rotatable bonds is 6. The SMILES string of the molecule is Cc1cc2nc(Cc3ccc(Cl)cc3Cl)n(CCC(=O)NN3CCOCC3)c2cc1C. The van der Waals surface area contributed by atoms with E-state index in [1.807, 2.05) is 17.1 Å². The number of aromatic nitrogens is 2. The van der Waals surface area contributed by atoms with Gasteiger partial charge in [-0.1, -0.05) is 29.3 Å². The molecular formula is C23H26Cl2N4O2. The van der Waals surface area contributed by atoms with Crippen molar-refractivity contribution in [2.75, 3.05) is 26.3 Å². The van der Waals surface area contributed by atoms with Gasteiger partial charge in [-0.3, -0.25) is 10.2 Å². The number of carbonyl (C=O) groups excluding carboxylic acids is 1. The predicted octanol–water partition coefficient (Wildman–Crippen LogP) is 4.30. The van der Waals surface area contributed by atoms with Crippen LogP contribution in [0, 0.1) is 13.8 Å². The Balaban J connectivity index is 1.59. The molecule has 0 aliphatic carbocycles. The van der Waals surface area contributed by atoms with Crippen molar-refractivity contribution in [1.82, 2.24) is 20.0 Å². The van der Waals surface area contributed by atoms with Crippen LogP contribution in [0.4, 0.5) is 0 Å². The Hall–Kier alpha value is -2.12. The maximum absolute atomic E-state index is 12.6. The minimum Gasteiger partial charge on any atom is -0.379 e. The maximum Gasteiger partial charge on any atom is 0.236 e. The summed E-state index contributed by atoms with van der Waals surface area (Å²) >= 11 is 12.5. The standard InChI is InChI=1S/C23H26Cl2N4O2/c1-15-11-20-21(12-16(15)2)29(6-5-23(30)27-28-7-9-31-10-8-28)22(26-20)13-17-3-4-18(24)14-19(17)25/h3-4,11-12,14H,5-10,13H2,1-2H3,(H,27,30). The first-order chi connectivity index (χ1) is 14.9.